The first-order chi connectivity index (χ1) is 19.8. The first kappa shape index (κ1) is 29.4. The molecular formula is C32H33N3O5S. The average Bonchev–Trinajstić information content (AvgIpc) is 3.02. The number of likely N-dealkylation sites (N-methyl/N-ethyl adjacent to an activating group) is 1. The van der Waals surface area contributed by atoms with E-state index in [2.05, 4.69) is 5.32 Å². The Morgan fingerprint density at radius 3 is 1.98 bits per heavy atom. The number of ether oxygens (including phenoxy) is 1. The number of rotatable bonds is 12. The van der Waals surface area contributed by atoms with Crippen molar-refractivity contribution < 1.29 is 22.7 Å². The van der Waals surface area contributed by atoms with Crippen molar-refractivity contribution in [2.24, 2.45) is 0 Å². The number of methoxy groups -OCH3 is 1. The number of amides is 2. The van der Waals surface area contributed by atoms with E-state index < -0.39 is 28.5 Å². The highest BCUT2D eigenvalue weighted by Crippen LogP contribution is 2.28. The second-order valence-electron chi connectivity index (χ2n) is 9.35. The minimum atomic E-state index is -4.16. The molecule has 1 N–H and O–H groups in total. The van der Waals surface area contributed by atoms with Crippen LogP contribution in [0.25, 0.3) is 0 Å². The van der Waals surface area contributed by atoms with Gasteiger partial charge in [-0.15, -0.1) is 0 Å². The summed E-state index contributed by atoms with van der Waals surface area (Å²) in [6, 6.07) is 32.3. The summed E-state index contributed by atoms with van der Waals surface area (Å²) in [5.41, 5.74) is 1.94. The fourth-order valence-electron chi connectivity index (χ4n) is 4.51. The molecule has 1 atom stereocenters. The third-order valence-corrected chi connectivity index (χ3v) is 8.45. The molecule has 0 aliphatic heterocycles. The maximum atomic E-state index is 14.2. The molecule has 0 aromatic heterocycles. The van der Waals surface area contributed by atoms with Crippen molar-refractivity contribution in [1.82, 2.24) is 10.2 Å². The van der Waals surface area contributed by atoms with Crippen molar-refractivity contribution in [2.75, 3.05) is 25.0 Å². The van der Waals surface area contributed by atoms with Gasteiger partial charge in [0.05, 0.1) is 17.7 Å². The second kappa shape index (κ2) is 13.6. The molecule has 0 radical (unpaired) electrons. The van der Waals surface area contributed by atoms with Gasteiger partial charge in [0.2, 0.25) is 11.8 Å². The molecule has 9 heteroatoms. The van der Waals surface area contributed by atoms with Crippen LogP contribution < -0.4 is 14.4 Å². The first-order valence-electron chi connectivity index (χ1n) is 13.1. The summed E-state index contributed by atoms with van der Waals surface area (Å²) in [4.78, 5) is 29.0. The van der Waals surface area contributed by atoms with E-state index in [0.29, 0.717) is 5.75 Å². The minimum Gasteiger partial charge on any atom is -0.497 e. The van der Waals surface area contributed by atoms with Crippen LogP contribution in [-0.2, 0) is 32.6 Å². The first-order valence-corrected chi connectivity index (χ1v) is 14.6. The largest absolute Gasteiger partial charge is 0.497 e. The molecule has 0 aliphatic rings. The SMILES string of the molecule is CNC(=O)[C@H](Cc1ccccc1)N(Cc1ccccc1)C(=O)CN(c1cccc(OC)c1)S(=O)(=O)c1ccccc1. The van der Waals surface area contributed by atoms with Gasteiger partial charge in [-0.2, -0.15) is 0 Å². The Hall–Kier alpha value is -4.63. The topological polar surface area (TPSA) is 96.0 Å². The van der Waals surface area contributed by atoms with E-state index in [9.17, 15) is 18.0 Å². The van der Waals surface area contributed by atoms with Gasteiger partial charge < -0.3 is 15.0 Å². The highest BCUT2D eigenvalue weighted by atomic mass is 32.2. The van der Waals surface area contributed by atoms with E-state index in [1.165, 1.54) is 31.2 Å². The Morgan fingerprint density at radius 2 is 1.39 bits per heavy atom. The molecule has 0 heterocycles. The van der Waals surface area contributed by atoms with Gasteiger partial charge in [0.1, 0.15) is 18.3 Å². The lowest BCUT2D eigenvalue weighted by Crippen LogP contribution is -2.53. The van der Waals surface area contributed by atoms with E-state index in [-0.39, 0.29) is 29.5 Å². The lowest BCUT2D eigenvalue weighted by atomic mass is 10.0. The fraction of sp³-hybridized carbons (Fsp3) is 0.188. The fourth-order valence-corrected chi connectivity index (χ4v) is 5.94. The zero-order chi connectivity index (χ0) is 29.2. The molecular weight excluding hydrogens is 538 g/mol. The van der Waals surface area contributed by atoms with Crippen LogP contribution >= 0.6 is 0 Å². The van der Waals surface area contributed by atoms with Gasteiger partial charge in [-0.1, -0.05) is 84.9 Å². The number of anilines is 1. The van der Waals surface area contributed by atoms with Crippen LogP contribution in [-0.4, -0.2) is 51.9 Å². The molecule has 0 saturated carbocycles. The Labute approximate surface area is 241 Å². The van der Waals surface area contributed by atoms with Crippen molar-refractivity contribution >= 4 is 27.5 Å². The number of carbonyl (C=O) groups is 2. The van der Waals surface area contributed by atoms with Gasteiger partial charge in [0.15, 0.2) is 0 Å². The van der Waals surface area contributed by atoms with Crippen molar-refractivity contribution in [3.05, 3.63) is 126 Å². The van der Waals surface area contributed by atoms with Crippen LogP contribution in [0.5, 0.6) is 5.75 Å². The predicted octanol–water partition coefficient (Wildman–Crippen LogP) is 4.28. The van der Waals surface area contributed by atoms with Crippen LogP contribution in [0.15, 0.2) is 120 Å². The highest BCUT2D eigenvalue weighted by Gasteiger charge is 2.34. The maximum Gasteiger partial charge on any atom is 0.264 e. The summed E-state index contributed by atoms with van der Waals surface area (Å²) in [5, 5.41) is 2.68. The smallest absolute Gasteiger partial charge is 0.264 e. The molecule has 0 saturated heterocycles. The Bertz CT molecular complexity index is 1550. The average molecular weight is 572 g/mol. The number of hydrogen-bond donors (Lipinski definition) is 1. The molecule has 2 amide bonds. The van der Waals surface area contributed by atoms with Crippen molar-refractivity contribution in [2.45, 2.75) is 23.9 Å². The quantitative estimate of drug-likeness (QED) is 0.274. The van der Waals surface area contributed by atoms with E-state index >= 15 is 0 Å². The summed E-state index contributed by atoms with van der Waals surface area (Å²) in [6.07, 6.45) is 0.254. The highest BCUT2D eigenvalue weighted by molar-refractivity contribution is 7.92. The number of sulfonamides is 1. The minimum absolute atomic E-state index is 0.0392. The monoisotopic (exact) mass is 571 g/mol. The lowest BCUT2D eigenvalue weighted by Gasteiger charge is -2.33. The predicted molar refractivity (Wildman–Crippen MR) is 159 cm³/mol. The van der Waals surface area contributed by atoms with Crippen molar-refractivity contribution in [3.8, 4) is 5.75 Å². The summed E-state index contributed by atoms with van der Waals surface area (Å²) in [7, 11) is -1.15. The second-order valence-corrected chi connectivity index (χ2v) is 11.2. The van der Waals surface area contributed by atoms with Gasteiger partial charge in [-0.05, 0) is 35.4 Å². The number of carbonyl (C=O) groups excluding carboxylic acids is 2. The molecule has 0 unspecified atom stereocenters. The van der Waals surface area contributed by atoms with Crippen molar-refractivity contribution in [1.29, 1.82) is 0 Å². The molecule has 4 aromatic rings. The summed E-state index contributed by atoms with van der Waals surface area (Å²) in [6.45, 7) is -0.415. The van der Waals surface area contributed by atoms with E-state index in [1.54, 1.807) is 42.5 Å². The zero-order valence-electron chi connectivity index (χ0n) is 23.0. The van der Waals surface area contributed by atoms with Crippen LogP contribution in [0.1, 0.15) is 11.1 Å². The van der Waals surface area contributed by atoms with Gasteiger partial charge in [-0.25, -0.2) is 8.42 Å². The number of hydrogen-bond acceptors (Lipinski definition) is 5. The molecule has 212 valence electrons. The van der Waals surface area contributed by atoms with Crippen LogP contribution in [0, 0.1) is 0 Å². The third-order valence-electron chi connectivity index (χ3n) is 6.66. The van der Waals surface area contributed by atoms with Gasteiger partial charge >= 0.3 is 0 Å². The van der Waals surface area contributed by atoms with E-state index in [0.717, 1.165) is 15.4 Å². The van der Waals surface area contributed by atoms with Gasteiger partial charge in [-0.3, -0.25) is 13.9 Å². The third kappa shape index (κ3) is 7.32. The summed E-state index contributed by atoms with van der Waals surface area (Å²) < 4.78 is 34.3. The molecule has 41 heavy (non-hydrogen) atoms. The Balaban J connectivity index is 1.78. The summed E-state index contributed by atoms with van der Waals surface area (Å²) >= 11 is 0. The molecule has 0 aliphatic carbocycles. The van der Waals surface area contributed by atoms with Crippen LogP contribution in [0.2, 0.25) is 0 Å². The van der Waals surface area contributed by atoms with Crippen LogP contribution in [0.4, 0.5) is 5.69 Å². The van der Waals surface area contributed by atoms with Crippen molar-refractivity contribution in [3.63, 3.8) is 0 Å². The number of nitrogens with zero attached hydrogens (tertiary/aromatic N) is 2. The van der Waals surface area contributed by atoms with Crippen LogP contribution in [0.3, 0.4) is 0 Å². The molecule has 0 spiro atoms. The lowest BCUT2D eigenvalue weighted by molar-refractivity contribution is -0.139. The number of nitrogens with one attached hydrogen (secondary N) is 1. The van der Waals surface area contributed by atoms with E-state index in [4.69, 9.17) is 4.74 Å². The molecule has 0 bridgehead atoms. The Kier molecular flexibility index (Phi) is 9.76. The Morgan fingerprint density at radius 1 is 0.805 bits per heavy atom. The standard InChI is InChI=1S/C32H33N3O5S/c1-33-32(37)30(21-25-13-6-3-7-14-25)34(23-26-15-8-4-9-16-26)31(36)24-35(27-17-12-18-28(22-27)40-2)41(38,39)29-19-10-5-11-20-29/h3-20,22,30H,21,23-24H2,1-2H3,(H,33,37)/t30-/m0/s1. The molecule has 8 nitrogen and oxygen atoms in total. The summed E-state index contributed by atoms with van der Waals surface area (Å²) in [5.74, 6) is -0.436. The van der Waals surface area contributed by atoms with Gasteiger partial charge in [0, 0.05) is 26.1 Å². The number of benzene rings is 4. The molecule has 4 aromatic carbocycles. The zero-order valence-corrected chi connectivity index (χ0v) is 23.8. The van der Waals surface area contributed by atoms with Gasteiger partial charge in [0.25, 0.3) is 10.0 Å². The van der Waals surface area contributed by atoms with E-state index in [1.807, 2.05) is 60.7 Å². The maximum absolute atomic E-state index is 14.2. The normalized spacial score (nSPS) is 11.8. The molecule has 4 rings (SSSR count). The molecule has 0 fully saturated rings.